The minimum atomic E-state index is -0.745. The van der Waals surface area contributed by atoms with Gasteiger partial charge in [-0.15, -0.1) is 0 Å². The Morgan fingerprint density at radius 2 is 1.93 bits per heavy atom. The number of carbonyl (C=O) groups is 1. The van der Waals surface area contributed by atoms with E-state index < -0.39 is 5.97 Å². The van der Waals surface area contributed by atoms with Crippen LogP contribution in [-0.4, -0.2) is 34.7 Å². The highest BCUT2D eigenvalue weighted by molar-refractivity contribution is 7.99. The van der Waals surface area contributed by atoms with Crippen molar-refractivity contribution in [3.63, 3.8) is 0 Å². The fourth-order valence-electron chi connectivity index (χ4n) is 1.03. The van der Waals surface area contributed by atoms with Crippen LogP contribution in [0.25, 0.3) is 0 Å². The Kier molecular flexibility index (Phi) is 13.6. The molecule has 0 aromatic heterocycles. The van der Waals surface area contributed by atoms with Crippen LogP contribution in [0.5, 0.6) is 0 Å². The molecule has 0 aliphatic rings. The molecule has 2 N–H and O–H groups in total. The number of carboxylic acid groups (broad SMARTS) is 1. The summed E-state index contributed by atoms with van der Waals surface area (Å²) in [6, 6.07) is -0.160. The number of carboxylic acids is 1. The molecule has 0 fully saturated rings. The summed E-state index contributed by atoms with van der Waals surface area (Å²) in [6.45, 7) is 10.0. The second-order valence-corrected chi connectivity index (χ2v) is 4.59. The molecule has 0 aromatic rings. The molecule has 0 bridgehead atoms. The molecule has 0 amide bonds. The highest BCUT2D eigenvalue weighted by Crippen LogP contribution is 2.04. The number of aliphatic carboxylic acids is 1. The average Bonchev–Trinajstić information content (AvgIpc) is 2.19. The van der Waals surface area contributed by atoms with Crippen LogP contribution < -0.4 is 5.32 Å². The van der Waals surface area contributed by atoms with Gasteiger partial charge in [-0.05, 0) is 17.9 Å². The highest BCUT2D eigenvalue weighted by atomic mass is 32.2. The first-order chi connectivity index (χ1) is 7.07. The van der Waals surface area contributed by atoms with E-state index in [0.29, 0.717) is 6.42 Å². The van der Waals surface area contributed by atoms with E-state index in [0.717, 1.165) is 11.5 Å². The molecule has 1 unspecified atom stereocenters. The molecule has 0 aromatic carbocycles. The predicted octanol–water partition coefficient (Wildman–Crippen LogP) is 2.61. The first-order valence-corrected chi connectivity index (χ1v) is 6.80. The third kappa shape index (κ3) is 11.7. The standard InChI is InChI=1S/C9H19NO2S.C2H6/c1-4-13-6-5-8(9(11)12)10-7(2)3;1-2/h7-8,10H,4-6H2,1-3H3,(H,11,12);1-2H3. The summed E-state index contributed by atoms with van der Waals surface area (Å²) >= 11 is 1.78. The van der Waals surface area contributed by atoms with Crippen LogP contribution in [0.1, 0.15) is 41.0 Å². The van der Waals surface area contributed by atoms with Gasteiger partial charge < -0.3 is 10.4 Å². The minimum absolute atomic E-state index is 0.229. The molecule has 0 spiro atoms. The van der Waals surface area contributed by atoms with Crippen molar-refractivity contribution in [2.45, 2.75) is 53.1 Å². The summed E-state index contributed by atoms with van der Waals surface area (Å²) < 4.78 is 0. The molecule has 92 valence electrons. The fraction of sp³-hybridized carbons (Fsp3) is 0.909. The molecule has 1 atom stereocenters. The zero-order valence-electron chi connectivity index (χ0n) is 10.5. The topological polar surface area (TPSA) is 49.3 Å². The maximum atomic E-state index is 10.8. The Labute approximate surface area is 98.0 Å². The van der Waals surface area contributed by atoms with Crippen molar-refractivity contribution in [3.05, 3.63) is 0 Å². The van der Waals surface area contributed by atoms with Crippen LogP contribution in [0.3, 0.4) is 0 Å². The van der Waals surface area contributed by atoms with Crippen molar-refractivity contribution in [1.29, 1.82) is 0 Å². The molecule has 15 heavy (non-hydrogen) atoms. The van der Waals surface area contributed by atoms with Crippen molar-refractivity contribution in [2.24, 2.45) is 0 Å². The van der Waals surface area contributed by atoms with Gasteiger partial charge in [-0.2, -0.15) is 11.8 Å². The predicted molar refractivity (Wildman–Crippen MR) is 68.7 cm³/mol. The zero-order valence-corrected chi connectivity index (χ0v) is 11.4. The molecule has 0 saturated heterocycles. The zero-order chi connectivity index (χ0) is 12.3. The SMILES string of the molecule is CC.CCSCCC(NC(C)C)C(=O)O. The van der Waals surface area contributed by atoms with Crippen molar-refractivity contribution >= 4 is 17.7 Å². The van der Waals surface area contributed by atoms with Gasteiger partial charge >= 0.3 is 5.97 Å². The van der Waals surface area contributed by atoms with Gasteiger partial charge in [0, 0.05) is 6.04 Å². The number of hydrogen-bond donors (Lipinski definition) is 2. The van der Waals surface area contributed by atoms with Crippen LogP contribution in [0.4, 0.5) is 0 Å². The van der Waals surface area contributed by atoms with Gasteiger partial charge in [0.15, 0.2) is 0 Å². The average molecular weight is 235 g/mol. The largest absolute Gasteiger partial charge is 0.480 e. The van der Waals surface area contributed by atoms with Crippen molar-refractivity contribution in [1.82, 2.24) is 5.32 Å². The third-order valence-corrected chi connectivity index (χ3v) is 2.52. The van der Waals surface area contributed by atoms with Gasteiger partial charge in [0.05, 0.1) is 0 Å². The molecule has 0 aliphatic heterocycles. The molecular weight excluding hydrogens is 210 g/mol. The van der Waals surface area contributed by atoms with Crippen molar-refractivity contribution in [3.8, 4) is 0 Å². The van der Waals surface area contributed by atoms with E-state index in [2.05, 4.69) is 12.2 Å². The van der Waals surface area contributed by atoms with Gasteiger partial charge in [-0.3, -0.25) is 4.79 Å². The molecule has 0 heterocycles. The third-order valence-electron chi connectivity index (χ3n) is 1.59. The lowest BCUT2D eigenvalue weighted by molar-refractivity contribution is -0.139. The number of rotatable bonds is 7. The Hall–Kier alpha value is -0.220. The van der Waals surface area contributed by atoms with Crippen LogP contribution in [0.15, 0.2) is 0 Å². The molecule has 0 rings (SSSR count). The van der Waals surface area contributed by atoms with E-state index in [4.69, 9.17) is 5.11 Å². The quantitative estimate of drug-likeness (QED) is 0.666. The molecule has 0 aliphatic carbocycles. The number of hydrogen-bond acceptors (Lipinski definition) is 3. The number of thioether (sulfide) groups is 1. The Balaban J connectivity index is 0. The molecule has 3 nitrogen and oxygen atoms in total. The Morgan fingerprint density at radius 3 is 2.27 bits per heavy atom. The number of nitrogens with one attached hydrogen (secondary N) is 1. The molecule has 0 saturated carbocycles. The fourth-order valence-corrected chi connectivity index (χ4v) is 1.72. The Morgan fingerprint density at radius 1 is 1.40 bits per heavy atom. The first-order valence-electron chi connectivity index (χ1n) is 5.64. The van der Waals surface area contributed by atoms with E-state index >= 15 is 0 Å². The van der Waals surface area contributed by atoms with Gasteiger partial charge in [0.25, 0.3) is 0 Å². The normalized spacial score (nSPS) is 11.9. The van der Waals surface area contributed by atoms with Crippen molar-refractivity contribution in [2.75, 3.05) is 11.5 Å². The molecule has 0 radical (unpaired) electrons. The van der Waals surface area contributed by atoms with Crippen molar-refractivity contribution < 1.29 is 9.90 Å². The van der Waals surface area contributed by atoms with Crippen LogP contribution in [0.2, 0.25) is 0 Å². The first kappa shape index (κ1) is 17.2. The lowest BCUT2D eigenvalue weighted by Gasteiger charge is -2.16. The van der Waals surface area contributed by atoms with Gasteiger partial charge in [-0.1, -0.05) is 34.6 Å². The minimum Gasteiger partial charge on any atom is -0.480 e. The van der Waals surface area contributed by atoms with Crippen LogP contribution >= 0.6 is 11.8 Å². The second-order valence-electron chi connectivity index (χ2n) is 3.20. The maximum absolute atomic E-state index is 10.8. The van der Waals surface area contributed by atoms with Crippen LogP contribution in [0, 0.1) is 0 Å². The summed E-state index contributed by atoms with van der Waals surface area (Å²) in [4.78, 5) is 10.8. The second kappa shape index (κ2) is 11.9. The van der Waals surface area contributed by atoms with E-state index in [-0.39, 0.29) is 12.1 Å². The monoisotopic (exact) mass is 235 g/mol. The summed E-state index contributed by atoms with van der Waals surface area (Å²) in [5.41, 5.74) is 0. The molecular formula is C11H25NO2S. The van der Waals surface area contributed by atoms with Crippen LogP contribution in [-0.2, 0) is 4.79 Å². The van der Waals surface area contributed by atoms with E-state index in [1.54, 1.807) is 11.8 Å². The molecule has 4 heteroatoms. The van der Waals surface area contributed by atoms with E-state index in [1.807, 2.05) is 27.7 Å². The highest BCUT2D eigenvalue weighted by Gasteiger charge is 2.16. The summed E-state index contributed by atoms with van der Waals surface area (Å²) in [5, 5.41) is 11.9. The van der Waals surface area contributed by atoms with Gasteiger partial charge in [0.1, 0.15) is 6.04 Å². The lowest BCUT2D eigenvalue weighted by atomic mass is 10.2. The maximum Gasteiger partial charge on any atom is 0.320 e. The summed E-state index contributed by atoms with van der Waals surface area (Å²) in [5.74, 6) is 1.21. The van der Waals surface area contributed by atoms with E-state index in [1.165, 1.54) is 0 Å². The van der Waals surface area contributed by atoms with Gasteiger partial charge in [0.2, 0.25) is 0 Å². The Bertz CT molecular complexity index is 152. The van der Waals surface area contributed by atoms with E-state index in [9.17, 15) is 4.79 Å². The summed E-state index contributed by atoms with van der Waals surface area (Å²) in [6.07, 6.45) is 0.700. The summed E-state index contributed by atoms with van der Waals surface area (Å²) in [7, 11) is 0. The lowest BCUT2D eigenvalue weighted by Crippen LogP contribution is -2.41. The smallest absolute Gasteiger partial charge is 0.320 e. The van der Waals surface area contributed by atoms with Gasteiger partial charge in [-0.25, -0.2) is 0 Å².